The van der Waals surface area contributed by atoms with Gasteiger partial charge in [-0.2, -0.15) is 0 Å². The second kappa shape index (κ2) is 8.02. The second-order valence-corrected chi connectivity index (χ2v) is 7.92. The summed E-state index contributed by atoms with van der Waals surface area (Å²) in [7, 11) is 0. The maximum atomic E-state index is 12.4. The summed E-state index contributed by atoms with van der Waals surface area (Å²) in [5, 5.41) is 3.10. The molecule has 1 aliphatic carbocycles. The summed E-state index contributed by atoms with van der Waals surface area (Å²) < 4.78 is 0. The number of hydrogen-bond acceptors (Lipinski definition) is 3. The summed E-state index contributed by atoms with van der Waals surface area (Å²) >= 11 is 0. The van der Waals surface area contributed by atoms with Gasteiger partial charge in [0.15, 0.2) is 0 Å². The van der Waals surface area contributed by atoms with Crippen molar-refractivity contribution in [3.63, 3.8) is 0 Å². The van der Waals surface area contributed by atoms with E-state index < -0.39 is 0 Å². The van der Waals surface area contributed by atoms with Gasteiger partial charge in [-0.3, -0.25) is 14.6 Å². The fourth-order valence-corrected chi connectivity index (χ4v) is 3.96. The molecular formula is C21H29N3O2. The number of allylic oxidation sites excluding steroid dienone is 1. The molecule has 1 unspecified atom stereocenters. The van der Waals surface area contributed by atoms with Crippen molar-refractivity contribution in [1.82, 2.24) is 15.2 Å². The van der Waals surface area contributed by atoms with Gasteiger partial charge in [-0.15, -0.1) is 0 Å². The molecule has 1 atom stereocenters. The Balaban J connectivity index is 1.38. The van der Waals surface area contributed by atoms with Crippen LogP contribution in [0.1, 0.15) is 45.1 Å². The smallest absolute Gasteiger partial charge is 0.246 e. The van der Waals surface area contributed by atoms with Crippen LogP contribution in [-0.2, 0) is 16.0 Å². The van der Waals surface area contributed by atoms with Crippen molar-refractivity contribution in [3.8, 4) is 0 Å². The van der Waals surface area contributed by atoms with Crippen molar-refractivity contribution < 1.29 is 9.59 Å². The average molecular weight is 355 g/mol. The Labute approximate surface area is 155 Å². The third-order valence-electron chi connectivity index (χ3n) is 5.68. The van der Waals surface area contributed by atoms with Gasteiger partial charge in [0, 0.05) is 44.0 Å². The van der Waals surface area contributed by atoms with Crippen molar-refractivity contribution in [1.29, 1.82) is 0 Å². The highest BCUT2D eigenvalue weighted by Gasteiger charge is 2.58. The van der Waals surface area contributed by atoms with Gasteiger partial charge in [0.25, 0.3) is 0 Å². The molecule has 2 aliphatic rings. The molecule has 0 radical (unpaired) electrons. The lowest BCUT2D eigenvalue weighted by Gasteiger charge is -2.32. The largest absolute Gasteiger partial charge is 0.356 e. The minimum atomic E-state index is 0.109. The molecule has 1 aliphatic heterocycles. The van der Waals surface area contributed by atoms with E-state index in [1.54, 1.807) is 18.5 Å². The predicted octanol–water partition coefficient (Wildman–Crippen LogP) is 2.73. The van der Waals surface area contributed by atoms with Crippen LogP contribution in [0.15, 0.2) is 36.2 Å². The summed E-state index contributed by atoms with van der Waals surface area (Å²) in [5.74, 6) is 0.450. The molecule has 0 bridgehead atoms. The van der Waals surface area contributed by atoms with Gasteiger partial charge in [0.1, 0.15) is 0 Å². The normalized spacial score (nSPS) is 20.5. The first-order valence-electron chi connectivity index (χ1n) is 9.61. The molecule has 2 heterocycles. The number of hydrogen-bond donors (Lipinski definition) is 1. The zero-order valence-electron chi connectivity index (χ0n) is 15.8. The first kappa shape index (κ1) is 18.6. The molecule has 140 valence electrons. The van der Waals surface area contributed by atoms with Crippen LogP contribution in [-0.4, -0.2) is 41.3 Å². The fraction of sp³-hybridized carbons (Fsp3) is 0.571. The first-order chi connectivity index (χ1) is 12.5. The van der Waals surface area contributed by atoms with Gasteiger partial charge in [0.05, 0.1) is 0 Å². The van der Waals surface area contributed by atoms with Gasteiger partial charge in [-0.1, -0.05) is 5.57 Å². The quantitative estimate of drug-likeness (QED) is 0.630. The lowest BCUT2D eigenvalue weighted by Crippen LogP contribution is -2.40. The summed E-state index contributed by atoms with van der Waals surface area (Å²) in [6.45, 7) is 6.15. The van der Waals surface area contributed by atoms with E-state index in [9.17, 15) is 9.59 Å². The molecule has 2 amide bonds. The fourth-order valence-electron chi connectivity index (χ4n) is 3.96. The molecular weight excluding hydrogens is 326 g/mol. The molecule has 1 spiro atoms. The minimum Gasteiger partial charge on any atom is -0.356 e. The first-order valence-corrected chi connectivity index (χ1v) is 9.61. The Morgan fingerprint density at radius 3 is 2.62 bits per heavy atom. The highest BCUT2D eigenvalue weighted by atomic mass is 16.2. The lowest BCUT2D eigenvalue weighted by atomic mass is 9.90. The zero-order valence-corrected chi connectivity index (χ0v) is 15.8. The molecule has 1 aromatic rings. The van der Waals surface area contributed by atoms with Crippen LogP contribution in [0.3, 0.4) is 0 Å². The number of nitrogens with one attached hydrogen (secondary N) is 1. The molecule has 5 nitrogen and oxygen atoms in total. The summed E-state index contributed by atoms with van der Waals surface area (Å²) in [6, 6.07) is 4.03. The number of likely N-dealkylation sites (tertiary alicyclic amines) is 1. The monoisotopic (exact) mass is 355 g/mol. The van der Waals surface area contributed by atoms with Crippen molar-refractivity contribution in [2.75, 3.05) is 19.6 Å². The number of piperidine rings is 1. The predicted molar refractivity (Wildman–Crippen MR) is 101 cm³/mol. The number of pyridine rings is 1. The zero-order chi connectivity index (χ0) is 18.6. The Bertz CT molecular complexity index is 672. The molecule has 26 heavy (non-hydrogen) atoms. The summed E-state index contributed by atoms with van der Waals surface area (Å²) in [5.41, 5.74) is 2.44. The van der Waals surface area contributed by atoms with Crippen LogP contribution < -0.4 is 5.32 Å². The van der Waals surface area contributed by atoms with Gasteiger partial charge in [-0.05, 0) is 69.1 Å². The molecule has 1 aromatic heterocycles. The third-order valence-corrected chi connectivity index (χ3v) is 5.68. The van der Waals surface area contributed by atoms with E-state index in [1.165, 1.54) is 5.56 Å². The molecule has 1 N–H and O–H groups in total. The van der Waals surface area contributed by atoms with Crippen LogP contribution in [0.4, 0.5) is 0 Å². The van der Waals surface area contributed by atoms with Gasteiger partial charge in [0.2, 0.25) is 11.8 Å². The second-order valence-electron chi connectivity index (χ2n) is 7.92. The number of amides is 2. The highest BCUT2D eigenvalue weighted by molar-refractivity contribution is 5.88. The van der Waals surface area contributed by atoms with Crippen molar-refractivity contribution in [2.24, 2.45) is 11.3 Å². The van der Waals surface area contributed by atoms with Gasteiger partial charge < -0.3 is 10.2 Å². The van der Waals surface area contributed by atoms with Crippen LogP contribution in [0, 0.1) is 11.3 Å². The standard InChI is InChI=1S/C21H29N3O2/c1-16(2)14-19(25)24-12-7-21(8-13-24)15-18(21)20(26)23-9-3-4-17-5-10-22-11-6-17/h5-6,10-11,14,18H,3-4,7-9,12-13,15H2,1-2H3,(H,23,26). The summed E-state index contributed by atoms with van der Waals surface area (Å²) in [6.07, 6.45) is 10.1. The minimum absolute atomic E-state index is 0.109. The average Bonchev–Trinajstić information content (AvgIpc) is 3.33. The SMILES string of the molecule is CC(C)=CC(=O)N1CCC2(CC1)CC2C(=O)NCCCc1ccncc1. The molecule has 0 aromatic carbocycles. The number of nitrogens with zero attached hydrogens (tertiary/aromatic N) is 2. The van der Waals surface area contributed by atoms with E-state index in [4.69, 9.17) is 0 Å². The van der Waals surface area contributed by atoms with E-state index in [2.05, 4.69) is 10.3 Å². The van der Waals surface area contributed by atoms with E-state index in [0.29, 0.717) is 0 Å². The van der Waals surface area contributed by atoms with Crippen LogP contribution in [0.5, 0.6) is 0 Å². The van der Waals surface area contributed by atoms with Crippen LogP contribution in [0.25, 0.3) is 0 Å². The Hall–Kier alpha value is -2.17. The van der Waals surface area contributed by atoms with Crippen LogP contribution >= 0.6 is 0 Å². The molecule has 5 heteroatoms. The van der Waals surface area contributed by atoms with Gasteiger partial charge >= 0.3 is 0 Å². The molecule has 1 saturated heterocycles. The number of carbonyl (C=O) groups is 2. The van der Waals surface area contributed by atoms with E-state index >= 15 is 0 Å². The number of rotatable bonds is 6. The van der Waals surface area contributed by atoms with Gasteiger partial charge in [-0.25, -0.2) is 0 Å². The number of aromatic nitrogens is 1. The van der Waals surface area contributed by atoms with Crippen molar-refractivity contribution in [2.45, 2.75) is 46.0 Å². The van der Waals surface area contributed by atoms with E-state index in [1.807, 2.05) is 30.9 Å². The summed E-state index contributed by atoms with van der Waals surface area (Å²) in [4.78, 5) is 30.5. The Morgan fingerprint density at radius 2 is 1.96 bits per heavy atom. The molecule has 1 saturated carbocycles. The highest BCUT2D eigenvalue weighted by Crippen LogP contribution is 2.59. The third kappa shape index (κ3) is 4.51. The maximum Gasteiger partial charge on any atom is 0.246 e. The van der Waals surface area contributed by atoms with Crippen LogP contribution in [0.2, 0.25) is 0 Å². The maximum absolute atomic E-state index is 12.4. The Kier molecular flexibility index (Phi) is 5.74. The van der Waals surface area contributed by atoms with E-state index in [0.717, 1.165) is 57.3 Å². The van der Waals surface area contributed by atoms with Crippen molar-refractivity contribution >= 4 is 11.8 Å². The lowest BCUT2D eigenvalue weighted by molar-refractivity contribution is -0.127. The molecule has 2 fully saturated rings. The molecule has 3 rings (SSSR count). The number of carbonyl (C=O) groups excluding carboxylic acids is 2. The Morgan fingerprint density at radius 1 is 1.27 bits per heavy atom. The van der Waals surface area contributed by atoms with E-state index in [-0.39, 0.29) is 23.1 Å². The topological polar surface area (TPSA) is 62.3 Å². The number of aryl methyl sites for hydroxylation is 1. The van der Waals surface area contributed by atoms with Crippen molar-refractivity contribution in [3.05, 3.63) is 41.7 Å².